The van der Waals surface area contributed by atoms with Crippen molar-refractivity contribution in [1.82, 2.24) is 4.98 Å². The quantitative estimate of drug-likeness (QED) is 0.784. The summed E-state index contributed by atoms with van der Waals surface area (Å²) in [5.74, 6) is -0.632. The highest BCUT2D eigenvalue weighted by Crippen LogP contribution is 2.23. The number of nitrogens with zero attached hydrogens (tertiary/aromatic N) is 1. The highest BCUT2D eigenvalue weighted by molar-refractivity contribution is 7.09. The Morgan fingerprint density at radius 3 is 3.00 bits per heavy atom. The van der Waals surface area contributed by atoms with Gasteiger partial charge in [0.2, 0.25) is 0 Å². The Bertz CT molecular complexity index is 525. The van der Waals surface area contributed by atoms with Crippen LogP contribution in [0.1, 0.15) is 15.4 Å². The molecule has 1 aromatic carbocycles. The van der Waals surface area contributed by atoms with Gasteiger partial charge in [-0.1, -0.05) is 6.07 Å². The summed E-state index contributed by atoms with van der Waals surface area (Å²) in [7, 11) is 1.41. The van der Waals surface area contributed by atoms with E-state index < -0.39 is 5.82 Å². The van der Waals surface area contributed by atoms with Crippen molar-refractivity contribution in [1.29, 1.82) is 0 Å². The second kappa shape index (κ2) is 5.05. The van der Waals surface area contributed by atoms with E-state index in [1.54, 1.807) is 17.6 Å². The van der Waals surface area contributed by atoms with Crippen LogP contribution in [0.2, 0.25) is 0 Å². The van der Waals surface area contributed by atoms with Crippen LogP contribution in [0.4, 0.5) is 4.39 Å². The van der Waals surface area contributed by atoms with E-state index in [1.165, 1.54) is 30.6 Å². The Labute approximate surface area is 102 Å². The van der Waals surface area contributed by atoms with Crippen LogP contribution in [0.25, 0.3) is 0 Å². The molecule has 2 aromatic rings. The standard InChI is InChI=1S/C12H10FNO2S/c1-16-10-4-2-3-8(13)12(10)9(15)7-11-14-5-6-17-11/h2-6H,7H2,1H3. The lowest BCUT2D eigenvalue weighted by Crippen LogP contribution is -2.08. The van der Waals surface area contributed by atoms with Gasteiger partial charge in [0.05, 0.1) is 19.1 Å². The van der Waals surface area contributed by atoms with E-state index in [1.807, 2.05) is 0 Å². The molecular formula is C12H10FNO2S. The Balaban J connectivity index is 2.30. The molecule has 0 bridgehead atoms. The van der Waals surface area contributed by atoms with Gasteiger partial charge in [0, 0.05) is 11.6 Å². The molecule has 0 saturated heterocycles. The zero-order valence-electron chi connectivity index (χ0n) is 9.14. The largest absolute Gasteiger partial charge is 0.496 e. The molecule has 3 nitrogen and oxygen atoms in total. The van der Waals surface area contributed by atoms with Gasteiger partial charge in [-0.15, -0.1) is 11.3 Å². The summed E-state index contributed by atoms with van der Waals surface area (Å²) in [6.07, 6.45) is 1.71. The molecule has 0 aliphatic rings. The molecule has 0 aliphatic heterocycles. The zero-order chi connectivity index (χ0) is 12.3. The molecule has 0 atom stereocenters. The average Bonchev–Trinajstić information content (AvgIpc) is 2.81. The van der Waals surface area contributed by atoms with Gasteiger partial charge in [0.25, 0.3) is 0 Å². The van der Waals surface area contributed by atoms with Crippen molar-refractivity contribution >= 4 is 17.1 Å². The molecule has 0 spiro atoms. The molecule has 0 saturated carbocycles. The molecule has 0 unspecified atom stereocenters. The number of carbonyl (C=O) groups is 1. The van der Waals surface area contributed by atoms with Crippen molar-refractivity contribution in [3.63, 3.8) is 0 Å². The fourth-order valence-electron chi connectivity index (χ4n) is 1.51. The number of hydrogen-bond acceptors (Lipinski definition) is 4. The van der Waals surface area contributed by atoms with Crippen LogP contribution in [0.15, 0.2) is 29.8 Å². The zero-order valence-corrected chi connectivity index (χ0v) is 9.96. The Hall–Kier alpha value is -1.75. The van der Waals surface area contributed by atoms with Crippen LogP contribution in [-0.4, -0.2) is 17.9 Å². The number of halogens is 1. The number of ketones is 1. The summed E-state index contributed by atoms with van der Waals surface area (Å²) >= 11 is 1.37. The van der Waals surface area contributed by atoms with Gasteiger partial charge in [-0.25, -0.2) is 9.37 Å². The van der Waals surface area contributed by atoms with E-state index in [0.717, 1.165) is 0 Å². The molecular weight excluding hydrogens is 241 g/mol. The first-order valence-electron chi connectivity index (χ1n) is 4.96. The summed E-state index contributed by atoms with van der Waals surface area (Å²) in [6, 6.07) is 4.32. The number of carbonyl (C=O) groups excluding carboxylic acids is 1. The molecule has 5 heteroatoms. The van der Waals surface area contributed by atoms with Crippen molar-refractivity contribution in [2.45, 2.75) is 6.42 Å². The minimum Gasteiger partial charge on any atom is -0.496 e. The first-order valence-corrected chi connectivity index (χ1v) is 5.84. The second-order valence-corrected chi connectivity index (χ2v) is 4.32. The number of Topliss-reactive ketones (excluding diaryl/α,β-unsaturated/α-hetero) is 1. The average molecular weight is 251 g/mol. The maximum Gasteiger partial charge on any atom is 0.176 e. The number of hydrogen-bond donors (Lipinski definition) is 0. The van der Waals surface area contributed by atoms with Crippen LogP contribution in [0.5, 0.6) is 5.75 Å². The lowest BCUT2D eigenvalue weighted by atomic mass is 10.1. The van der Waals surface area contributed by atoms with Gasteiger partial charge in [0.1, 0.15) is 16.6 Å². The van der Waals surface area contributed by atoms with E-state index >= 15 is 0 Å². The molecule has 0 fully saturated rings. The van der Waals surface area contributed by atoms with Crippen molar-refractivity contribution in [2.75, 3.05) is 7.11 Å². The van der Waals surface area contributed by atoms with Gasteiger partial charge in [-0.2, -0.15) is 0 Å². The maximum atomic E-state index is 13.6. The molecule has 0 aliphatic carbocycles. The van der Waals surface area contributed by atoms with Crippen molar-refractivity contribution in [3.05, 3.63) is 46.2 Å². The highest BCUT2D eigenvalue weighted by Gasteiger charge is 2.18. The smallest absolute Gasteiger partial charge is 0.176 e. The molecule has 0 N–H and O–H groups in total. The number of rotatable bonds is 4. The van der Waals surface area contributed by atoms with Crippen LogP contribution < -0.4 is 4.74 Å². The molecule has 0 amide bonds. The van der Waals surface area contributed by atoms with E-state index in [0.29, 0.717) is 5.01 Å². The predicted molar refractivity (Wildman–Crippen MR) is 63.1 cm³/mol. The topological polar surface area (TPSA) is 39.2 Å². The van der Waals surface area contributed by atoms with Crippen LogP contribution in [-0.2, 0) is 6.42 Å². The Kier molecular flexibility index (Phi) is 3.49. The fraction of sp³-hybridized carbons (Fsp3) is 0.167. The summed E-state index contributed by atoms with van der Waals surface area (Å²) in [6.45, 7) is 0. The summed E-state index contributed by atoms with van der Waals surface area (Å²) in [5, 5.41) is 2.45. The minimum absolute atomic E-state index is 0.00907. The lowest BCUT2D eigenvalue weighted by molar-refractivity contribution is 0.0986. The molecule has 88 valence electrons. The third-order valence-electron chi connectivity index (χ3n) is 2.27. The number of methoxy groups -OCH3 is 1. The SMILES string of the molecule is COc1cccc(F)c1C(=O)Cc1nccs1. The third-order valence-corrected chi connectivity index (χ3v) is 3.05. The second-order valence-electron chi connectivity index (χ2n) is 3.34. The van der Waals surface area contributed by atoms with Gasteiger partial charge >= 0.3 is 0 Å². The molecule has 2 rings (SSSR count). The minimum atomic E-state index is -0.564. The molecule has 0 radical (unpaired) electrons. The number of aromatic nitrogens is 1. The van der Waals surface area contributed by atoms with Crippen LogP contribution in [0.3, 0.4) is 0 Å². The predicted octanol–water partition coefficient (Wildman–Crippen LogP) is 2.72. The van der Waals surface area contributed by atoms with Crippen LogP contribution >= 0.6 is 11.3 Å². The number of ether oxygens (including phenoxy) is 1. The van der Waals surface area contributed by atoms with E-state index in [9.17, 15) is 9.18 Å². The van der Waals surface area contributed by atoms with E-state index in [4.69, 9.17) is 4.74 Å². The first kappa shape index (κ1) is 11.7. The van der Waals surface area contributed by atoms with Gasteiger partial charge in [-0.3, -0.25) is 4.79 Å². The number of thiazole rings is 1. The van der Waals surface area contributed by atoms with Crippen LogP contribution in [0, 0.1) is 5.82 Å². The molecule has 1 heterocycles. The van der Waals surface area contributed by atoms with Crippen molar-refractivity contribution in [2.24, 2.45) is 0 Å². The summed E-state index contributed by atoms with van der Waals surface area (Å²) < 4.78 is 18.6. The monoisotopic (exact) mass is 251 g/mol. The van der Waals surface area contributed by atoms with Crippen molar-refractivity contribution in [3.8, 4) is 5.75 Å². The third kappa shape index (κ3) is 2.50. The maximum absolute atomic E-state index is 13.6. The van der Waals surface area contributed by atoms with Gasteiger partial charge in [-0.05, 0) is 12.1 Å². The Morgan fingerprint density at radius 1 is 1.53 bits per heavy atom. The highest BCUT2D eigenvalue weighted by atomic mass is 32.1. The van der Waals surface area contributed by atoms with Gasteiger partial charge < -0.3 is 4.74 Å². The molecule has 1 aromatic heterocycles. The molecule has 17 heavy (non-hydrogen) atoms. The van der Waals surface area contributed by atoms with E-state index in [2.05, 4.69) is 4.98 Å². The van der Waals surface area contributed by atoms with E-state index in [-0.39, 0.29) is 23.5 Å². The summed E-state index contributed by atoms with van der Waals surface area (Å²) in [5.41, 5.74) is -0.00907. The first-order chi connectivity index (χ1) is 8.22. The normalized spacial score (nSPS) is 10.2. The summed E-state index contributed by atoms with van der Waals surface area (Å²) in [4.78, 5) is 16.0. The Morgan fingerprint density at radius 2 is 2.35 bits per heavy atom. The number of benzene rings is 1. The fourth-order valence-corrected chi connectivity index (χ4v) is 2.13. The van der Waals surface area contributed by atoms with Gasteiger partial charge in [0.15, 0.2) is 5.78 Å². The van der Waals surface area contributed by atoms with Crippen molar-refractivity contribution < 1.29 is 13.9 Å². The lowest BCUT2D eigenvalue weighted by Gasteiger charge is -2.07.